The van der Waals surface area contributed by atoms with Gasteiger partial charge in [0.1, 0.15) is 5.82 Å². The zero-order valence-electron chi connectivity index (χ0n) is 15.0. The average molecular weight is 391 g/mol. The Labute approximate surface area is 163 Å². The lowest BCUT2D eigenvalue weighted by atomic mass is 9.76. The molecular weight excluding hydrogens is 367 g/mol. The van der Waals surface area contributed by atoms with Crippen molar-refractivity contribution in [3.63, 3.8) is 0 Å². The predicted octanol–water partition coefficient (Wildman–Crippen LogP) is 4.06. The van der Waals surface area contributed by atoms with E-state index in [0.29, 0.717) is 23.8 Å². The highest BCUT2D eigenvalue weighted by atomic mass is 35.5. The number of aliphatic hydroxyl groups excluding tert-OH is 1. The number of aliphatic hydroxyl groups is 1. The summed E-state index contributed by atoms with van der Waals surface area (Å²) in [5, 5.41) is 16.0. The normalized spacial score (nSPS) is 26.8. The maximum absolute atomic E-state index is 14.7. The summed E-state index contributed by atoms with van der Waals surface area (Å²) in [6.07, 6.45) is 1.70. The van der Waals surface area contributed by atoms with Crippen LogP contribution in [-0.4, -0.2) is 30.9 Å². The molecule has 1 saturated heterocycles. The number of hydrogen-bond acceptors (Lipinski definition) is 4. The van der Waals surface area contributed by atoms with Crippen LogP contribution in [0.15, 0.2) is 42.5 Å². The number of nitrogens with one attached hydrogen (secondary N) is 2. The molecule has 2 aliphatic heterocycles. The smallest absolute Gasteiger partial charge is 0.148 e. The van der Waals surface area contributed by atoms with Crippen LogP contribution in [-0.2, 0) is 4.74 Å². The van der Waals surface area contributed by atoms with Gasteiger partial charge in [-0.3, -0.25) is 0 Å². The van der Waals surface area contributed by atoms with Gasteiger partial charge >= 0.3 is 0 Å². The molecule has 0 radical (unpaired) electrons. The molecule has 6 heteroatoms. The van der Waals surface area contributed by atoms with Gasteiger partial charge in [-0.15, -0.1) is 0 Å². The van der Waals surface area contributed by atoms with Crippen molar-refractivity contribution in [1.82, 2.24) is 5.32 Å². The highest BCUT2D eigenvalue weighted by Crippen LogP contribution is 2.51. The van der Waals surface area contributed by atoms with Crippen LogP contribution in [0.5, 0.6) is 0 Å². The summed E-state index contributed by atoms with van der Waals surface area (Å²) < 4.78 is 21.1. The number of anilines is 1. The molecule has 2 aliphatic rings. The van der Waals surface area contributed by atoms with Crippen molar-refractivity contribution < 1.29 is 14.2 Å². The minimum atomic E-state index is -0.346. The number of halogens is 2. The first-order valence-corrected chi connectivity index (χ1v) is 9.82. The van der Waals surface area contributed by atoms with E-state index in [9.17, 15) is 4.39 Å². The molecule has 4 rings (SSSR count). The third kappa shape index (κ3) is 3.83. The summed E-state index contributed by atoms with van der Waals surface area (Å²) in [5.74, 6) is -0.145. The molecule has 0 aliphatic carbocycles. The quantitative estimate of drug-likeness (QED) is 0.674. The first-order valence-electron chi connectivity index (χ1n) is 9.45. The highest BCUT2D eigenvalue weighted by molar-refractivity contribution is 6.30. The Balaban J connectivity index is 1.67. The van der Waals surface area contributed by atoms with Crippen molar-refractivity contribution in [3.8, 4) is 0 Å². The fourth-order valence-electron chi connectivity index (χ4n) is 4.27. The molecule has 0 bridgehead atoms. The Morgan fingerprint density at radius 1 is 1.22 bits per heavy atom. The minimum Gasteiger partial charge on any atom is -0.395 e. The summed E-state index contributed by atoms with van der Waals surface area (Å²) in [6.45, 7) is 1.31. The first-order chi connectivity index (χ1) is 13.2. The predicted molar refractivity (Wildman–Crippen MR) is 105 cm³/mol. The average Bonchev–Trinajstić information content (AvgIpc) is 2.68. The van der Waals surface area contributed by atoms with Gasteiger partial charge in [0.15, 0.2) is 0 Å². The fraction of sp³-hybridized carbons (Fsp3) is 0.429. The molecule has 4 nitrogen and oxygen atoms in total. The molecule has 2 heterocycles. The molecular formula is C21H24ClFN2O2. The van der Waals surface area contributed by atoms with E-state index in [4.69, 9.17) is 21.4 Å². The van der Waals surface area contributed by atoms with Crippen LogP contribution in [0.3, 0.4) is 0 Å². The van der Waals surface area contributed by atoms with Crippen LogP contribution in [0.4, 0.5) is 10.1 Å². The minimum absolute atomic E-state index is 0.00859. The summed E-state index contributed by atoms with van der Waals surface area (Å²) >= 11 is 6.14. The molecule has 27 heavy (non-hydrogen) atoms. The van der Waals surface area contributed by atoms with Crippen LogP contribution >= 0.6 is 11.6 Å². The summed E-state index contributed by atoms with van der Waals surface area (Å²) in [4.78, 5) is 0. The molecule has 2 aromatic carbocycles. The van der Waals surface area contributed by atoms with Crippen LogP contribution in [0, 0.1) is 11.7 Å². The van der Waals surface area contributed by atoms with Gasteiger partial charge in [-0.2, -0.15) is 0 Å². The van der Waals surface area contributed by atoms with Crippen LogP contribution < -0.4 is 10.6 Å². The van der Waals surface area contributed by atoms with Crippen molar-refractivity contribution >= 4 is 17.3 Å². The van der Waals surface area contributed by atoms with E-state index in [1.807, 2.05) is 24.3 Å². The fourth-order valence-corrected chi connectivity index (χ4v) is 4.48. The summed E-state index contributed by atoms with van der Waals surface area (Å²) in [5.41, 5.74) is 2.41. The van der Waals surface area contributed by atoms with Gasteiger partial charge in [0.05, 0.1) is 30.5 Å². The van der Waals surface area contributed by atoms with Crippen molar-refractivity contribution in [2.75, 3.05) is 25.0 Å². The third-order valence-electron chi connectivity index (χ3n) is 5.49. The van der Waals surface area contributed by atoms with Crippen LogP contribution in [0.2, 0.25) is 5.02 Å². The molecule has 1 fully saturated rings. The Morgan fingerprint density at radius 3 is 2.81 bits per heavy atom. The lowest BCUT2D eigenvalue weighted by Gasteiger charge is -2.45. The second-order valence-electron chi connectivity index (χ2n) is 7.23. The zero-order chi connectivity index (χ0) is 18.8. The van der Waals surface area contributed by atoms with Gasteiger partial charge in [0.25, 0.3) is 0 Å². The molecule has 3 N–H and O–H groups in total. The monoisotopic (exact) mass is 390 g/mol. The lowest BCUT2D eigenvalue weighted by molar-refractivity contribution is -0.0918. The number of ether oxygens (including phenoxy) is 1. The molecule has 0 unspecified atom stereocenters. The van der Waals surface area contributed by atoms with Gasteiger partial charge in [-0.1, -0.05) is 41.9 Å². The van der Waals surface area contributed by atoms with E-state index < -0.39 is 0 Å². The summed E-state index contributed by atoms with van der Waals surface area (Å²) in [7, 11) is 0. The molecule has 2 aromatic rings. The number of benzene rings is 2. The standard InChI is InChI=1S/C21H24ClFN2O2/c22-14-10-17-20(18(23)11-14)25-19(13-4-2-1-3-5-13)16-7-6-15(27-21(16)17)12-24-8-9-26/h1-5,10-11,15-16,19,21,24-26H,6-9,12H2/t15-,16+,19+,21+/m1/s1. The van der Waals surface area contributed by atoms with E-state index >= 15 is 0 Å². The maximum Gasteiger partial charge on any atom is 0.148 e. The van der Waals surface area contributed by atoms with Crippen molar-refractivity contribution in [2.24, 2.45) is 5.92 Å². The van der Waals surface area contributed by atoms with E-state index in [0.717, 1.165) is 24.0 Å². The first kappa shape index (κ1) is 18.7. The van der Waals surface area contributed by atoms with E-state index in [1.54, 1.807) is 0 Å². The Morgan fingerprint density at radius 2 is 2.04 bits per heavy atom. The Bertz CT molecular complexity index is 789. The van der Waals surface area contributed by atoms with Gasteiger partial charge in [-0.25, -0.2) is 4.39 Å². The van der Waals surface area contributed by atoms with Crippen molar-refractivity contribution in [2.45, 2.75) is 31.1 Å². The number of rotatable bonds is 5. The largest absolute Gasteiger partial charge is 0.395 e. The Hall–Kier alpha value is -1.66. The number of hydrogen-bond donors (Lipinski definition) is 3. The second kappa shape index (κ2) is 8.15. The van der Waals surface area contributed by atoms with Gasteiger partial charge in [-0.05, 0) is 30.5 Å². The highest BCUT2D eigenvalue weighted by Gasteiger charge is 2.43. The molecule has 4 atom stereocenters. The second-order valence-corrected chi connectivity index (χ2v) is 7.67. The van der Waals surface area contributed by atoms with Crippen molar-refractivity contribution in [3.05, 3.63) is 64.4 Å². The van der Waals surface area contributed by atoms with E-state index in [2.05, 4.69) is 22.8 Å². The van der Waals surface area contributed by atoms with E-state index in [-0.39, 0.29) is 36.6 Å². The van der Waals surface area contributed by atoms with Crippen molar-refractivity contribution in [1.29, 1.82) is 0 Å². The van der Waals surface area contributed by atoms with Crippen LogP contribution in [0.1, 0.15) is 36.1 Å². The number of fused-ring (bicyclic) bond motifs is 3. The molecule has 0 spiro atoms. The molecule has 0 aromatic heterocycles. The van der Waals surface area contributed by atoms with Crippen LogP contribution in [0.25, 0.3) is 0 Å². The van der Waals surface area contributed by atoms with Gasteiger partial charge in [0, 0.05) is 29.6 Å². The molecule has 144 valence electrons. The molecule has 0 saturated carbocycles. The van der Waals surface area contributed by atoms with Gasteiger partial charge < -0.3 is 20.5 Å². The lowest BCUT2D eigenvalue weighted by Crippen LogP contribution is -2.42. The SMILES string of the molecule is OCCNC[C@H]1CC[C@@H]2[C@H](O1)c1cc(Cl)cc(F)c1N[C@H]2c1ccccc1. The van der Waals surface area contributed by atoms with E-state index in [1.165, 1.54) is 6.07 Å². The third-order valence-corrected chi connectivity index (χ3v) is 5.71. The zero-order valence-corrected chi connectivity index (χ0v) is 15.8. The van der Waals surface area contributed by atoms with Gasteiger partial charge in [0.2, 0.25) is 0 Å². The molecule has 0 amide bonds. The summed E-state index contributed by atoms with van der Waals surface area (Å²) in [6, 6.07) is 13.3. The topological polar surface area (TPSA) is 53.5 Å². The Kier molecular flexibility index (Phi) is 5.64. The maximum atomic E-state index is 14.7.